The van der Waals surface area contributed by atoms with Gasteiger partial charge in [0.1, 0.15) is 22.6 Å². The number of hydrogen-bond acceptors (Lipinski definition) is 6. The number of fused-ring (bicyclic) bond motifs is 1. The number of hydrogen-bond donors (Lipinski definition) is 2. The molecule has 0 aliphatic heterocycles. The average molecular weight is 490 g/mol. The summed E-state index contributed by atoms with van der Waals surface area (Å²) in [6, 6.07) is 18.7. The third-order valence-electron chi connectivity index (χ3n) is 5.84. The number of nitrogens with zero attached hydrogens (tertiary/aromatic N) is 1. The second-order valence-corrected chi connectivity index (χ2v) is 8.49. The molecule has 0 saturated carbocycles. The fraction of sp³-hybridized carbons (Fsp3) is 0.222. The van der Waals surface area contributed by atoms with E-state index in [1.165, 1.54) is 19.8 Å². The van der Waals surface area contributed by atoms with E-state index >= 15 is 0 Å². The van der Waals surface area contributed by atoms with E-state index in [1.54, 1.807) is 18.2 Å². The van der Waals surface area contributed by atoms with Crippen LogP contribution in [-0.4, -0.2) is 30.2 Å². The van der Waals surface area contributed by atoms with Crippen LogP contribution in [0.5, 0.6) is 11.5 Å². The molecule has 0 fully saturated rings. The third kappa shape index (κ3) is 5.27. The highest BCUT2D eigenvalue weighted by Gasteiger charge is 2.19. The maximum Gasteiger partial charge on any atom is 0.264 e. The number of rotatable bonds is 7. The Hall–Kier alpha value is -3.91. The van der Waals surface area contributed by atoms with Crippen molar-refractivity contribution in [1.82, 2.24) is 10.3 Å². The maximum atomic E-state index is 12.9. The van der Waals surface area contributed by atoms with Gasteiger partial charge in [0.25, 0.3) is 5.91 Å². The number of carbonyl (C=O) groups is 1. The summed E-state index contributed by atoms with van der Waals surface area (Å²) in [6.07, 6.45) is 1.06. The molecule has 1 atom stereocenters. The Morgan fingerprint density at radius 3 is 2.46 bits per heavy atom. The molecule has 3 aromatic carbocycles. The Labute approximate surface area is 209 Å². The van der Waals surface area contributed by atoms with Crippen molar-refractivity contribution >= 4 is 40.0 Å². The number of methoxy groups -OCH3 is 2. The van der Waals surface area contributed by atoms with Gasteiger partial charge in [0.15, 0.2) is 10.7 Å². The highest BCUT2D eigenvalue weighted by Crippen LogP contribution is 2.30. The van der Waals surface area contributed by atoms with Crippen LogP contribution in [0.15, 0.2) is 65.1 Å². The van der Waals surface area contributed by atoms with E-state index in [-0.39, 0.29) is 10.7 Å². The molecule has 4 rings (SSSR count). The van der Waals surface area contributed by atoms with Crippen LogP contribution in [-0.2, 0) is 0 Å². The van der Waals surface area contributed by atoms with Crippen LogP contribution in [0.3, 0.4) is 0 Å². The summed E-state index contributed by atoms with van der Waals surface area (Å²) in [6.45, 7) is 4.37. The first-order valence-corrected chi connectivity index (χ1v) is 11.7. The molecular weight excluding hydrogens is 462 g/mol. The van der Waals surface area contributed by atoms with Crippen LogP contribution in [0.1, 0.15) is 42.1 Å². The average Bonchev–Trinajstić information content (AvgIpc) is 3.31. The Balaban J connectivity index is 1.51. The van der Waals surface area contributed by atoms with Gasteiger partial charge in [-0.2, -0.15) is 0 Å². The molecule has 0 saturated heterocycles. The van der Waals surface area contributed by atoms with E-state index in [1.807, 2.05) is 30.3 Å². The molecule has 1 aromatic heterocycles. The largest absolute Gasteiger partial charge is 0.496 e. The standard InChI is InChI=1S/C27H27N3O4S/c1-5-16(2)17-12-13-21-20(15-17)29-26(34-21)18-8-6-9-19(14-18)28-27(35)30-25(31)24-22(32-3)10-7-11-23(24)33-4/h6-16H,5H2,1-4H3,(H2,28,30,31,35)/t16-/m1/s1. The topological polar surface area (TPSA) is 85.6 Å². The van der Waals surface area contributed by atoms with E-state index in [9.17, 15) is 4.79 Å². The van der Waals surface area contributed by atoms with Gasteiger partial charge in [-0.25, -0.2) is 4.98 Å². The summed E-state index contributed by atoms with van der Waals surface area (Å²) in [5.74, 6) is 1.31. The highest BCUT2D eigenvalue weighted by molar-refractivity contribution is 7.80. The first-order valence-electron chi connectivity index (χ1n) is 11.3. The van der Waals surface area contributed by atoms with Crippen LogP contribution in [0.25, 0.3) is 22.6 Å². The second kappa shape index (κ2) is 10.6. The third-order valence-corrected chi connectivity index (χ3v) is 6.05. The van der Waals surface area contributed by atoms with E-state index < -0.39 is 5.91 Å². The van der Waals surface area contributed by atoms with Gasteiger partial charge in [-0.3, -0.25) is 10.1 Å². The molecule has 1 heterocycles. The lowest BCUT2D eigenvalue weighted by molar-refractivity contribution is 0.0971. The quantitative estimate of drug-likeness (QED) is 0.301. The minimum atomic E-state index is -0.441. The van der Waals surface area contributed by atoms with Crippen molar-refractivity contribution in [3.8, 4) is 23.0 Å². The van der Waals surface area contributed by atoms with Crippen molar-refractivity contribution in [3.05, 3.63) is 71.8 Å². The van der Waals surface area contributed by atoms with Crippen LogP contribution >= 0.6 is 12.2 Å². The van der Waals surface area contributed by atoms with Gasteiger partial charge in [0, 0.05) is 11.3 Å². The molecule has 8 heteroatoms. The number of thiocarbonyl (C=S) groups is 1. The Bertz CT molecular complexity index is 1360. The maximum absolute atomic E-state index is 12.9. The van der Waals surface area contributed by atoms with E-state index in [4.69, 9.17) is 26.1 Å². The van der Waals surface area contributed by atoms with Gasteiger partial charge in [-0.05, 0) is 72.6 Å². The second-order valence-electron chi connectivity index (χ2n) is 8.08. The first-order chi connectivity index (χ1) is 16.9. The molecule has 180 valence electrons. The number of benzene rings is 3. The molecule has 0 aliphatic rings. The Kier molecular flexibility index (Phi) is 7.31. The zero-order valence-electron chi connectivity index (χ0n) is 20.0. The molecule has 7 nitrogen and oxygen atoms in total. The van der Waals surface area contributed by atoms with Crippen LogP contribution in [0, 0.1) is 0 Å². The van der Waals surface area contributed by atoms with Crippen LogP contribution in [0.2, 0.25) is 0 Å². The van der Waals surface area contributed by atoms with Crippen molar-refractivity contribution in [1.29, 1.82) is 0 Å². The highest BCUT2D eigenvalue weighted by atomic mass is 32.1. The van der Waals surface area contributed by atoms with Crippen LogP contribution in [0.4, 0.5) is 5.69 Å². The zero-order valence-corrected chi connectivity index (χ0v) is 20.9. The van der Waals surface area contributed by atoms with Crippen molar-refractivity contribution in [2.75, 3.05) is 19.5 Å². The smallest absolute Gasteiger partial charge is 0.264 e. The lowest BCUT2D eigenvalue weighted by Gasteiger charge is -2.14. The zero-order chi connectivity index (χ0) is 24.9. The number of nitrogens with one attached hydrogen (secondary N) is 2. The summed E-state index contributed by atoms with van der Waals surface area (Å²) in [4.78, 5) is 17.5. The fourth-order valence-corrected chi connectivity index (χ4v) is 3.95. The van der Waals surface area contributed by atoms with Crippen molar-refractivity contribution in [3.63, 3.8) is 0 Å². The number of anilines is 1. The molecule has 0 bridgehead atoms. The van der Waals surface area contributed by atoms with E-state index in [2.05, 4.69) is 41.6 Å². The van der Waals surface area contributed by atoms with E-state index in [0.717, 1.165) is 23.1 Å². The molecular formula is C27H27N3O4S. The van der Waals surface area contributed by atoms with Gasteiger partial charge in [0.05, 0.1) is 14.2 Å². The van der Waals surface area contributed by atoms with Crippen molar-refractivity contribution < 1.29 is 18.7 Å². The number of carbonyl (C=O) groups excluding carboxylic acids is 1. The van der Waals surface area contributed by atoms with Gasteiger partial charge < -0.3 is 19.2 Å². The number of aromatic nitrogens is 1. The molecule has 0 aliphatic carbocycles. The monoisotopic (exact) mass is 489 g/mol. The summed E-state index contributed by atoms with van der Waals surface area (Å²) in [5, 5.41) is 5.86. The summed E-state index contributed by atoms with van der Waals surface area (Å²) < 4.78 is 16.6. The van der Waals surface area contributed by atoms with Crippen molar-refractivity contribution in [2.45, 2.75) is 26.2 Å². The predicted octanol–water partition coefficient (Wildman–Crippen LogP) is 6.15. The number of amides is 1. The molecule has 0 unspecified atom stereocenters. The summed E-state index contributed by atoms with van der Waals surface area (Å²) in [7, 11) is 2.98. The first kappa shape index (κ1) is 24.2. The number of oxazole rings is 1. The minimum Gasteiger partial charge on any atom is -0.496 e. The molecule has 1 amide bonds. The fourth-order valence-electron chi connectivity index (χ4n) is 3.74. The van der Waals surface area contributed by atoms with Gasteiger partial charge in [-0.1, -0.05) is 32.0 Å². The molecule has 4 aromatic rings. The predicted molar refractivity (Wildman–Crippen MR) is 141 cm³/mol. The molecule has 2 N–H and O–H groups in total. The lowest BCUT2D eigenvalue weighted by atomic mass is 9.98. The minimum absolute atomic E-state index is 0.135. The lowest BCUT2D eigenvalue weighted by Crippen LogP contribution is -2.34. The normalized spacial score (nSPS) is 11.7. The van der Waals surface area contributed by atoms with Crippen LogP contribution < -0.4 is 20.1 Å². The number of ether oxygens (including phenoxy) is 2. The van der Waals surface area contributed by atoms with E-state index in [0.29, 0.717) is 29.0 Å². The summed E-state index contributed by atoms with van der Waals surface area (Å²) in [5.41, 5.74) is 4.53. The SMILES string of the molecule is CC[C@@H](C)c1ccc2oc(-c3cccc(NC(=S)NC(=O)c4c(OC)cccc4OC)c3)nc2c1. The van der Waals surface area contributed by atoms with Crippen molar-refractivity contribution in [2.24, 2.45) is 0 Å². The Morgan fingerprint density at radius 1 is 1.06 bits per heavy atom. The molecule has 0 radical (unpaired) electrons. The summed E-state index contributed by atoms with van der Waals surface area (Å²) >= 11 is 5.37. The van der Waals surface area contributed by atoms with Gasteiger partial charge in [-0.15, -0.1) is 0 Å². The van der Waals surface area contributed by atoms with Gasteiger partial charge in [0.2, 0.25) is 5.89 Å². The molecule has 35 heavy (non-hydrogen) atoms. The Morgan fingerprint density at radius 2 is 1.77 bits per heavy atom. The molecule has 0 spiro atoms. The van der Waals surface area contributed by atoms with Gasteiger partial charge >= 0.3 is 0 Å².